The number of aliphatic hydroxyl groups is 7. The number of aliphatic carboxylic acids is 1. The third-order valence-corrected chi connectivity index (χ3v) is 9.14. The van der Waals surface area contributed by atoms with Gasteiger partial charge in [0.05, 0.1) is 31.8 Å². The Morgan fingerprint density at radius 1 is 0.686 bits per heavy atom. The minimum absolute atomic E-state index is 0.224. The lowest BCUT2D eigenvalue weighted by molar-refractivity contribution is -0.352. The summed E-state index contributed by atoms with van der Waals surface area (Å²) in [5.74, 6) is -2.59. The Kier molecular flexibility index (Phi) is 17.8. The molecule has 0 aromatic rings. The third kappa shape index (κ3) is 12.2. The fraction of sp³-hybridized carbons (Fsp3) is 0.906. The second kappa shape index (κ2) is 21.0. The van der Waals surface area contributed by atoms with E-state index in [2.05, 4.69) is 17.6 Å². The van der Waals surface area contributed by atoms with Crippen molar-refractivity contribution in [2.24, 2.45) is 0 Å². The van der Waals surface area contributed by atoms with Crippen LogP contribution in [-0.2, 0) is 42.8 Å². The maximum atomic E-state index is 12.6. The Balaban J connectivity index is 1.78. The first-order valence-electron chi connectivity index (χ1n) is 17.5. The largest absolute Gasteiger partial charge is 0.481 e. The van der Waals surface area contributed by atoms with E-state index >= 15 is 0 Å². The molecule has 0 aliphatic carbocycles. The molecule has 0 unspecified atom stereocenters. The molecule has 19 nitrogen and oxygen atoms in total. The molecule has 3 aliphatic heterocycles. The Morgan fingerprint density at radius 3 is 1.98 bits per heavy atom. The topological polar surface area (TPSA) is 292 Å². The number of carbonyl (C=O) groups is 3. The maximum Gasteiger partial charge on any atom is 0.303 e. The van der Waals surface area contributed by atoms with Crippen molar-refractivity contribution < 1.29 is 83.7 Å². The van der Waals surface area contributed by atoms with E-state index in [-0.39, 0.29) is 6.61 Å². The average molecular weight is 741 g/mol. The highest BCUT2D eigenvalue weighted by Gasteiger charge is 2.52. The number of carbonyl (C=O) groups excluding carboxylic acids is 2. The van der Waals surface area contributed by atoms with Crippen molar-refractivity contribution in [2.45, 2.75) is 164 Å². The molecular formula is C32H56N2O17. The van der Waals surface area contributed by atoms with E-state index in [1.807, 2.05) is 0 Å². The van der Waals surface area contributed by atoms with Gasteiger partial charge in [0, 0.05) is 20.0 Å². The van der Waals surface area contributed by atoms with E-state index in [1.165, 1.54) is 6.92 Å². The summed E-state index contributed by atoms with van der Waals surface area (Å²) in [6, 6.07) is -2.64. The molecule has 3 heterocycles. The molecule has 0 bridgehead atoms. The van der Waals surface area contributed by atoms with Crippen LogP contribution in [0.1, 0.15) is 72.1 Å². The molecule has 3 rings (SSSR count). The van der Waals surface area contributed by atoms with Gasteiger partial charge in [-0.2, -0.15) is 0 Å². The normalized spacial score (nSPS) is 38.6. The summed E-state index contributed by atoms with van der Waals surface area (Å²) in [6.45, 7) is 3.68. The zero-order chi connectivity index (χ0) is 37.8. The van der Waals surface area contributed by atoms with Crippen LogP contribution >= 0.6 is 0 Å². The SMILES string of the molecule is CCCCCCCCO[C@@H]1O[C@H](CO[C@H]2O[C@H](C)[C@@H](NC(=O)CCC(=O)O)[C@H](O)[C@@H]2O[C@@H]2O[C@H](CO)[C@@H](O)[C@H](O)[C@H]2NC(C)=O)[C@@H](O)[C@H](O)[C@H]1O. The van der Waals surface area contributed by atoms with Crippen molar-refractivity contribution in [3.05, 3.63) is 0 Å². The number of ether oxygens (including phenoxy) is 6. The van der Waals surface area contributed by atoms with Crippen molar-refractivity contribution >= 4 is 17.8 Å². The summed E-state index contributed by atoms with van der Waals surface area (Å²) < 4.78 is 35.0. The van der Waals surface area contributed by atoms with E-state index in [1.54, 1.807) is 0 Å². The molecule has 0 spiro atoms. The Morgan fingerprint density at radius 2 is 1.33 bits per heavy atom. The monoisotopic (exact) mass is 740 g/mol. The molecule has 2 amide bonds. The fourth-order valence-electron chi connectivity index (χ4n) is 6.18. The second-order valence-corrected chi connectivity index (χ2v) is 13.2. The van der Waals surface area contributed by atoms with E-state index in [0.717, 1.165) is 39.0 Å². The van der Waals surface area contributed by atoms with Crippen molar-refractivity contribution in [3.63, 3.8) is 0 Å². The van der Waals surface area contributed by atoms with Gasteiger partial charge in [0.25, 0.3) is 0 Å². The lowest BCUT2D eigenvalue weighted by Gasteiger charge is -2.48. The van der Waals surface area contributed by atoms with Gasteiger partial charge in [-0.1, -0.05) is 39.0 Å². The van der Waals surface area contributed by atoms with Crippen molar-refractivity contribution in [1.29, 1.82) is 0 Å². The summed E-state index contributed by atoms with van der Waals surface area (Å²) >= 11 is 0. The van der Waals surface area contributed by atoms with Crippen LogP contribution in [-0.4, -0.2) is 170 Å². The standard InChI is InChI=1S/C32H56N2O17/c1-4-5-6-7-8-9-12-46-31-28(45)27(44)24(41)18(50-31)14-47-32-29(26(43)21(15(2)48-32)34-19(37)10-11-20(38)39)51-30-22(33-16(3)36)25(42)23(40)17(13-35)49-30/h15,17-18,21-32,35,40-45H,4-14H2,1-3H3,(H,33,36)(H,34,37)(H,38,39)/t15-,17-,18-,21-,22-,23-,24-,25-,26+,27+,28-,29+,30+,31-,32+/m1/s1. The van der Waals surface area contributed by atoms with Crippen molar-refractivity contribution in [1.82, 2.24) is 10.6 Å². The minimum atomic E-state index is -1.71. The molecule has 0 aromatic heterocycles. The number of carboxylic acids is 1. The van der Waals surface area contributed by atoms with Crippen molar-refractivity contribution in [2.75, 3.05) is 19.8 Å². The molecule has 3 saturated heterocycles. The highest BCUT2D eigenvalue weighted by Crippen LogP contribution is 2.31. The Bertz CT molecular complexity index is 1090. The summed E-state index contributed by atoms with van der Waals surface area (Å²) in [7, 11) is 0. The molecule has 296 valence electrons. The van der Waals surface area contributed by atoms with Crippen LogP contribution in [0.5, 0.6) is 0 Å². The zero-order valence-corrected chi connectivity index (χ0v) is 29.2. The Hall–Kier alpha value is -2.11. The summed E-state index contributed by atoms with van der Waals surface area (Å²) in [5, 5.41) is 88.2. The van der Waals surface area contributed by atoms with Crippen LogP contribution in [0.25, 0.3) is 0 Å². The van der Waals surface area contributed by atoms with E-state index in [9.17, 15) is 50.1 Å². The molecular weight excluding hydrogens is 684 g/mol. The average Bonchev–Trinajstić information content (AvgIpc) is 3.08. The number of carboxylic acid groups (broad SMARTS) is 1. The van der Waals surface area contributed by atoms with Gasteiger partial charge in [-0.05, 0) is 13.3 Å². The molecule has 51 heavy (non-hydrogen) atoms. The molecule has 10 N–H and O–H groups in total. The van der Waals surface area contributed by atoms with Crippen molar-refractivity contribution in [3.8, 4) is 0 Å². The van der Waals surface area contributed by atoms with E-state index in [0.29, 0.717) is 6.42 Å². The maximum absolute atomic E-state index is 12.6. The van der Waals surface area contributed by atoms with Crippen LogP contribution in [0.3, 0.4) is 0 Å². The van der Waals surface area contributed by atoms with Gasteiger partial charge in [-0.15, -0.1) is 0 Å². The third-order valence-electron chi connectivity index (χ3n) is 9.14. The zero-order valence-electron chi connectivity index (χ0n) is 29.2. The number of amides is 2. The lowest BCUT2D eigenvalue weighted by atomic mass is 9.94. The summed E-state index contributed by atoms with van der Waals surface area (Å²) in [4.78, 5) is 35.5. The van der Waals surface area contributed by atoms with Crippen LogP contribution in [0.15, 0.2) is 0 Å². The first kappa shape index (κ1) is 43.3. The van der Waals surface area contributed by atoms with Gasteiger partial charge in [0.2, 0.25) is 11.8 Å². The number of unbranched alkanes of at least 4 members (excludes halogenated alkanes) is 5. The van der Waals surface area contributed by atoms with Gasteiger partial charge < -0.3 is 79.9 Å². The molecule has 3 fully saturated rings. The van der Waals surface area contributed by atoms with Crippen LogP contribution in [0.4, 0.5) is 0 Å². The van der Waals surface area contributed by atoms with E-state index in [4.69, 9.17) is 33.5 Å². The highest BCUT2D eigenvalue weighted by atomic mass is 16.8. The van der Waals surface area contributed by atoms with Gasteiger partial charge in [0.15, 0.2) is 18.9 Å². The predicted molar refractivity (Wildman–Crippen MR) is 171 cm³/mol. The highest BCUT2D eigenvalue weighted by molar-refractivity contribution is 5.80. The molecule has 0 aromatic carbocycles. The Labute approximate surface area is 296 Å². The number of hydrogen-bond acceptors (Lipinski definition) is 16. The lowest BCUT2D eigenvalue weighted by Crippen LogP contribution is -2.69. The first-order chi connectivity index (χ1) is 24.2. The molecule has 0 saturated carbocycles. The number of aliphatic hydroxyl groups excluding tert-OH is 7. The molecule has 3 aliphatic rings. The smallest absolute Gasteiger partial charge is 0.303 e. The quantitative estimate of drug-likeness (QED) is 0.0589. The number of hydrogen-bond donors (Lipinski definition) is 10. The van der Waals surface area contributed by atoms with Gasteiger partial charge in [-0.3, -0.25) is 14.4 Å². The van der Waals surface area contributed by atoms with E-state index < -0.39 is 136 Å². The minimum Gasteiger partial charge on any atom is -0.481 e. The number of nitrogens with one attached hydrogen (secondary N) is 2. The second-order valence-electron chi connectivity index (χ2n) is 13.2. The molecule has 19 heteroatoms. The van der Waals surface area contributed by atoms with Gasteiger partial charge in [0.1, 0.15) is 61.0 Å². The van der Waals surface area contributed by atoms with Gasteiger partial charge >= 0.3 is 5.97 Å². The predicted octanol–water partition coefficient (Wildman–Crippen LogP) is -3.03. The first-order valence-corrected chi connectivity index (χ1v) is 17.5. The van der Waals surface area contributed by atoms with Crippen LogP contribution < -0.4 is 10.6 Å². The number of rotatable bonds is 19. The molecule has 15 atom stereocenters. The summed E-state index contributed by atoms with van der Waals surface area (Å²) in [5.41, 5.74) is 0. The molecule has 0 radical (unpaired) electrons. The van der Waals surface area contributed by atoms with Gasteiger partial charge in [-0.25, -0.2) is 0 Å². The van der Waals surface area contributed by atoms with Crippen LogP contribution in [0, 0.1) is 0 Å². The summed E-state index contributed by atoms with van der Waals surface area (Å²) in [6.07, 6.45) is -14.6. The van der Waals surface area contributed by atoms with Crippen LogP contribution in [0.2, 0.25) is 0 Å². The fourth-order valence-corrected chi connectivity index (χ4v) is 6.18.